The second-order valence-corrected chi connectivity index (χ2v) is 10.5. The molecule has 1 aromatic rings. The third kappa shape index (κ3) is 19.3. The Morgan fingerprint density at radius 1 is 0.927 bits per heavy atom. The van der Waals surface area contributed by atoms with Crippen LogP contribution in [0.3, 0.4) is 0 Å². The normalized spacial score (nSPS) is 12.6. The van der Waals surface area contributed by atoms with Gasteiger partial charge in [0.2, 0.25) is 11.8 Å². The lowest BCUT2D eigenvalue weighted by molar-refractivity contribution is -0.154. The van der Waals surface area contributed by atoms with E-state index in [1.807, 2.05) is 34.6 Å². The van der Waals surface area contributed by atoms with Gasteiger partial charge in [-0.3, -0.25) is 14.4 Å². The number of hydrogen-bond donors (Lipinski definition) is 5. The average molecular weight is 576 g/mol. The van der Waals surface area contributed by atoms with Gasteiger partial charge in [-0.1, -0.05) is 51.0 Å². The van der Waals surface area contributed by atoms with Gasteiger partial charge in [-0.15, -0.1) is 10.2 Å². The maximum atomic E-state index is 12.8. The fraction of sp³-hybridized carbons (Fsp3) is 0.633. The summed E-state index contributed by atoms with van der Waals surface area (Å²) in [5.74, 6) is -0.123. The average Bonchev–Trinajstić information content (AvgIpc) is 2.91. The van der Waals surface area contributed by atoms with E-state index in [9.17, 15) is 14.4 Å². The van der Waals surface area contributed by atoms with Crippen molar-refractivity contribution < 1.29 is 19.1 Å². The Labute approximate surface area is 246 Å². The van der Waals surface area contributed by atoms with Crippen LogP contribution in [0.2, 0.25) is 0 Å². The van der Waals surface area contributed by atoms with Gasteiger partial charge < -0.3 is 32.6 Å². The van der Waals surface area contributed by atoms with Crippen LogP contribution >= 0.6 is 0 Å². The highest BCUT2D eigenvalue weighted by Crippen LogP contribution is 2.11. The number of amidine groups is 2. The van der Waals surface area contributed by atoms with Crippen molar-refractivity contribution in [1.82, 2.24) is 10.6 Å². The van der Waals surface area contributed by atoms with Gasteiger partial charge >= 0.3 is 5.97 Å². The Balaban J connectivity index is 0.00000781. The Morgan fingerprint density at radius 2 is 1.56 bits per heavy atom. The monoisotopic (exact) mass is 575 g/mol. The smallest absolute Gasteiger partial charge is 0.306 e. The van der Waals surface area contributed by atoms with Crippen LogP contribution in [0.1, 0.15) is 104 Å². The SMILES string of the molecule is C/C(N)=N/N=C(\N)c1ccc(CC(=O)NC(CCCCN)C(=O)NCCCCCCC(=O)OC(C)(C)C)cc1.CC. The first kappa shape index (κ1) is 37.5. The number of carbonyl (C=O) groups is 3. The standard InChI is InChI=1S/C28H47N7O4.C2H6/c1-20(30)34-35-26(31)22-15-13-21(14-16-22)19-24(36)33-23(11-8-9-17-29)27(38)32-18-10-6-5-7-12-25(37)39-28(2,3)4;1-2/h13-16,23H,5-12,17-19,29H2,1-4H3,(H2,30,34)(H2,31,35)(H,32,38)(H,33,36);1-2H3. The third-order valence-electron chi connectivity index (χ3n) is 5.56. The molecule has 2 amide bonds. The summed E-state index contributed by atoms with van der Waals surface area (Å²) in [5, 5.41) is 13.4. The predicted molar refractivity (Wildman–Crippen MR) is 166 cm³/mol. The van der Waals surface area contributed by atoms with Gasteiger partial charge in [-0.2, -0.15) is 0 Å². The van der Waals surface area contributed by atoms with Crippen molar-refractivity contribution in [3.05, 3.63) is 35.4 Å². The van der Waals surface area contributed by atoms with Crippen molar-refractivity contribution in [2.75, 3.05) is 13.1 Å². The van der Waals surface area contributed by atoms with Crippen molar-refractivity contribution >= 4 is 29.5 Å². The summed E-state index contributed by atoms with van der Waals surface area (Å²) in [4.78, 5) is 37.3. The number of unbranched alkanes of at least 4 members (excludes halogenated alkanes) is 4. The molecule has 0 heterocycles. The zero-order valence-corrected chi connectivity index (χ0v) is 25.9. The number of nitrogens with zero attached hydrogens (tertiary/aromatic N) is 2. The van der Waals surface area contributed by atoms with Crippen molar-refractivity contribution in [2.24, 2.45) is 27.4 Å². The van der Waals surface area contributed by atoms with E-state index in [-0.39, 0.29) is 30.0 Å². The molecule has 0 aliphatic heterocycles. The lowest BCUT2D eigenvalue weighted by atomic mass is 10.1. The van der Waals surface area contributed by atoms with E-state index >= 15 is 0 Å². The number of hydrogen-bond acceptors (Lipinski definition) is 7. The summed E-state index contributed by atoms with van der Waals surface area (Å²) in [6, 6.07) is 6.44. The number of esters is 1. The van der Waals surface area contributed by atoms with Crippen molar-refractivity contribution in [2.45, 2.75) is 111 Å². The molecule has 0 spiro atoms. The maximum absolute atomic E-state index is 12.8. The van der Waals surface area contributed by atoms with Crippen molar-refractivity contribution in [1.29, 1.82) is 0 Å². The van der Waals surface area contributed by atoms with Gasteiger partial charge in [0.1, 0.15) is 17.5 Å². The quantitative estimate of drug-likeness (QED) is 0.0619. The molecule has 1 unspecified atom stereocenters. The molecule has 0 aromatic heterocycles. The Bertz CT molecular complexity index is 966. The highest BCUT2D eigenvalue weighted by molar-refractivity contribution is 5.98. The van der Waals surface area contributed by atoms with E-state index in [0.29, 0.717) is 37.3 Å². The summed E-state index contributed by atoms with van der Waals surface area (Å²) < 4.78 is 5.31. The van der Waals surface area contributed by atoms with Crippen LogP contribution in [0.4, 0.5) is 0 Å². The maximum Gasteiger partial charge on any atom is 0.306 e. The van der Waals surface area contributed by atoms with E-state index in [2.05, 4.69) is 20.8 Å². The number of ether oxygens (including phenoxy) is 1. The number of rotatable bonds is 17. The Morgan fingerprint density at radius 3 is 2.15 bits per heavy atom. The molecular weight excluding hydrogens is 522 g/mol. The van der Waals surface area contributed by atoms with E-state index in [1.165, 1.54) is 0 Å². The zero-order chi connectivity index (χ0) is 31.3. The lowest BCUT2D eigenvalue weighted by Crippen LogP contribution is -2.47. The summed E-state index contributed by atoms with van der Waals surface area (Å²) >= 11 is 0. The van der Waals surface area contributed by atoms with E-state index in [1.54, 1.807) is 31.2 Å². The molecule has 11 nitrogen and oxygen atoms in total. The van der Waals surface area contributed by atoms with Gasteiger partial charge in [0, 0.05) is 18.5 Å². The first-order valence-electron chi connectivity index (χ1n) is 14.6. The first-order chi connectivity index (χ1) is 19.4. The molecule has 1 atom stereocenters. The van der Waals surface area contributed by atoms with Crippen molar-refractivity contribution in [3.63, 3.8) is 0 Å². The molecule has 232 valence electrons. The van der Waals surface area contributed by atoms with Crippen LogP contribution < -0.4 is 27.8 Å². The first-order valence-corrected chi connectivity index (χ1v) is 14.6. The molecule has 0 aliphatic carbocycles. The number of carbonyl (C=O) groups excluding carboxylic acids is 3. The minimum Gasteiger partial charge on any atom is -0.460 e. The molecule has 1 rings (SSSR count). The number of benzene rings is 1. The number of nitrogens with one attached hydrogen (secondary N) is 2. The predicted octanol–water partition coefficient (Wildman–Crippen LogP) is 3.27. The summed E-state index contributed by atoms with van der Waals surface area (Å²) in [5.41, 5.74) is 17.9. The highest BCUT2D eigenvalue weighted by Gasteiger charge is 2.20. The molecule has 0 radical (unpaired) electrons. The van der Waals surface area contributed by atoms with E-state index in [4.69, 9.17) is 21.9 Å². The fourth-order valence-electron chi connectivity index (χ4n) is 3.65. The summed E-state index contributed by atoms with van der Waals surface area (Å²) in [6.07, 6.45) is 5.84. The molecule has 1 aromatic carbocycles. The number of amides is 2. The van der Waals surface area contributed by atoms with Crippen LogP contribution in [0.15, 0.2) is 34.5 Å². The molecule has 0 saturated heterocycles. The van der Waals surface area contributed by atoms with Crippen LogP contribution in [0.5, 0.6) is 0 Å². The second-order valence-electron chi connectivity index (χ2n) is 10.5. The van der Waals surface area contributed by atoms with E-state index in [0.717, 1.165) is 44.1 Å². The van der Waals surface area contributed by atoms with Gasteiger partial charge in [0.25, 0.3) is 0 Å². The Kier molecular flexibility index (Phi) is 19.5. The largest absolute Gasteiger partial charge is 0.460 e. The van der Waals surface area contributed by atoms with Gasteiger partial charge in [0.05, 0.1) is 6.42 Å². The third-order valence-corrected chi connectivity index (χ3v) is 5.56. The molecular formula is C30H53N7O4. The molecule has 41 heavy (non-hydrogen) atoms. The minimum absolute atomic E-state index is 0.121. The molecule has 8 N–H and O–H groups in total. The van der Waals surface area contributed by atoms with Crippen LogP contribution in [0, 0.1) is 0 Å². The van der Waals surface area contributed by atoms with Crippen LogP contribution in [-0.4, -0.2) is 54.2 Å². The molecule has 0 saturated carbocycles. The lowest BCUT2D eigenvalue weighted by Gasteiger charge is -2.19. The van der Waals surface area contributed by atoms with E-state index < -0.39 is 11.6 Å². The van der Waals surface area contributed by atoms with Crippen LogP contribution in [0.25, 0.3) is 0 Å². The molecule has 0 fully saturated rings. The zero-order valence-electron chi connectivity index (χ0n) is 25.9. The fourth-order valence-corrected chi connectivity index (χ4v) is 3.65. The van der Waals surface area contributed by atoms with Gasteiger partial charge in [0.15, 0.2) is 5.84 Å². The minimum atomic E-state index is -0.629. The van der Waals surface area contributed by atoms with Gasteiger partial charge in [-0.25, -0.2) is 0 Å². The number of nitrogens with two attached hydrogens (primary N) is 3. The molecule has 11 heteroatoms. The van der Waals surface area contributed by atoms with Crippen molar-refractivity contribution in [3.8, 4) is 0 Å². The Hall–Kier alpha value is -3.47. The topological polar surface area (TPSA) is 187 Å². The molecule has 0 bridgehead atoms. The summed E-state index contributed by atoms with van der Waals surface area (Å²) in [6.45, 7) is 12.2. The molecule has 0 aliphatic rings. The van der Waals surface area contributed by atoms with Crippen LogP contribution in [-0.2, 0) is 25.5 Å². The second kappa shape index (κ2) is 21.3. The van der Waals surface area contributed by atoms with Gasteiger partial charge in [-0.05, 0) is 71.9 Å². The highest BCUT2D eigenvalue weighted by atomic mass is 16.6. The summed E-state index contributed by atoms with van der Waals surface area (Å²) in [7, 11) is 0.